The molecule has 3 heterocycles. The van der Waals surface area contributed by atoms with Gasteiger partial charge in [0.25, 0.3) is 0 Å². The Morgan fingerprint density at radius 3 is 2.49 bits per heavy atom. The van der Waals surface area contributed by atoms with Gasteiger partial charge in [0.1, 0.15) is 29.1 Å². The number of methoxy groups -OCH3 is 3. The van der Waals surface area contributed by atoms with Gasteiger partial charge in [-0.3, -0.25) is 4.98 Å². The van der Waals surface area contributed by atoms with Crippen molar-refractivity contribution in [3.8, 4) is 22.8 Å². The Labute approximate surface area is 219 Å². The van der Waals surface area contributed by atoms with Gasteiger partial charge < -0.3 is 28.8 Å². The van der Waals surface area contributed by atoms with Gasteiger partial charge in [0.2, 0.25) is 0 Å². The molecule has 9 heteroatoms. The van der Waals surface area contributed by atoms with E-state index >= 15 is 0 Å². The number of carbonyl (C=O) groups excluding carboxylic acids is 1. The number of hydrogen-bond acceptors (Lipinski definition) is 7. The molecule has 0 unspecified atom stereocenters. The molecule has 0 aliphatic carbocycles. The van der Waals surface area contributed by atoms with Gasteiger partial charge in [-0.15, -0.1) is 0 Å². The number of nitrogens with one attached hydrogen (secondary N) is 1. The first-order valence-corrected chi connectivity index (χ1v) is 12.0. The molecule has 2 aromatic heterocycles. The molecule has 0 amide bonds. The van der Waals surface area contributed by atoms with Crippen LogP contribution in [0.5, 0.6) is 11.5 Å². The molecule has 0 bridgehead atoms. The molecule has 5 rings (SSSR count). The molecule has 37 heavy (non-hydrogen) atoms. The minimum absolute atomic E-state index is 0.277. The second-order valence-electron chi connectivity index (χ2n) is 8.31. The Kier molecular flexibility index (Phi) is 6.78. The highest BCUT2D eigenvalue weighted by molar-refractivity contribution is 7.80. The van der Waals surface area contributed by atoms with E-state index < -0.39 is 0 Å². The van der Waals surface area contributed by atoms with E-state index in [1.807, 2.05) is 65.6 Å². The van der Waals surface area contributed by atoms with E-state index in [-0.39, 0.29) is 18.1 Å². The first-order valence-electron chi connectivity index (χ1n) is 11.5. The van der Waals surface area contributed by atoms with Gasteiger partial charge in [0.05, 0.1) is 44.3 Å². The third kappa shape index (κ3) is 4.61. The van der Waals surface area contributed by atoms with Crippen LogP contribution in [-0.4, -0.2) is 37.4 Å². The van der Waals surface area contributed by atoms with Crippen LogP contribution in [0.2, 0.25) is 0 Å². The standard InChI is InChI=1S/C28H25N3O5S/c1-33-19-11-12-21(24(16-19)34-2)31-26(25(30-28(31)37)20-6-4-5-15-29-20)23-14-13-22(36-23)17-7-9-18(10-8-17)27(32)35-3/h4-16,25-26H,1-3H3,(H,30,37)/t25-,26-/m1/s1. The monoisotopic (exact) mass is 515 g/mol. The number of rotatable bonds is 7. The van der Waals surface area contributed by atoms with Crippen molar-refractivity contribution < 1.29 is 23.4 Å². The molecule has 2 aromatic carbocycles. The predicted octanol–water partition coefficient (Wildman–Crippen LogP) is 5.32. The van der Waals surface area contributed by atoms with Gasteiger partial charge in [-0.05, 0) is 60.7 Å². The first kappa shape index (κ1) is 24.3. The molecular weight excluding hydrogens is 490 g/mol. The minimum Gasteiger partial charge on any atom is -0.497 e. The van der Waals surface area contributed by atoms with E-state index in [0.29, 0.717) is 33.7 Å². The fraction of sp³-hybridized carbons (Fsp3) is 0.179. The van der Waals surface area contributed by atoms with Crippen LogP contribution in [0.4, 0.5) is 5.69 Å². The van der Waals surface area contributed by atoms with Gasteiger partial charge in [-0.25, -0.2) is 4.79 Å². The summed E-state index contributed by atoms with van der Waals surface area (Å²) in [6, 6.07) is 21.6. The lowest BCUT2D eigenvalue weighted by atomic mass is 10.0. The Morgan fingerprint density at radius 2 is 1.81 bits per heavy atom. The van der Waals surface area contributed by atoms with Crippen LogP contribution in [0.15, 0.2) is 83.4 Å². The number of furan rings is 1. The third-order valence-corrected chi connectivity index (χ3v) is 6.57. The molecule has 1 aliphatic rings. The SMILES string of the molecule is COC(=O)c1ccc(-c2ccc([C@@H]3[C@@H](c4ccccn4)NC(=S)N3c3ccc(OC)cc3OC)o2)cc1. The Hall–Kier alpha value is -4.37. The van der Waals surface area contributed by atoms with Crippen molar-refractivity contribution in [2.45, 2.75) is 12.1 Å². The van der Waals surface area contributed by atoms with Crippen molar-refractivity contribution in [2.24, 2.45) is 0 Å². The summed E-state index contributed by atoms with van der Waals surface area (Å²) in [5.41, 5.74) is 2.89. The lowest BCUT2D eigenvalue weighted by molar-refractivity contribution is 0.0600. The van der Waals surface area contributed by atoms with Crippen LogP contribution in [-0.2, 0) is 4.74 Å². The second kappa shape index (κ2) is 10.3. The summed E-state index contributed by atoms with van der Waals surface area (Å²) in [6.45, 7) is 0. The molecule has 4 aromatic rings. The number of anilines is 1. The van der Waals surface area contributed by atoms with E-state index in [4.69, 9.17) is 30.8 Å². The van der Waals surface area contributed by atoms with Crippen LogP contribution in [0.25, 0.3) is 11.3 Å². The van der Waals surface area contributed by atoms with Crippen molar-refractivity contribution in [1.29, 1.82) is 0 Å². The highest BCUT2D eigenvalue weighted by Crippen LogP contribution is 2.46. The maximum absolute atomic E-state index is 11.8. The molecule has 1 fully saturated rings. The normalized spacial score (nSPS) is 16.8. The van der Waals surface area contributed by atoms with E-state index in [0.717, 1.165) is 16.9 Å². The zero-order valence-corrected chi connectivity index (χ0v) is 21.3. The molecule has 2 atom stereocenters. The Morgan fingerprint density at radius 1 is 1.00 bits per heavy atom. The lowest BCUT2D eigenvalue weighted by Crippen LogP contribution is -2.29. The largest absolute Gasteiger partial charge is 0.497 e. The fourth-order valence-corrected chi connectivity index (χ4v) is 4.78. The van der Waals surface area contributed by atoms with Gasteiger partial charge in [0, 0.05) is 17.8 Å². The van der Waals surface area contributed by atoms with Crippen LogP contribution in [0.3, 0.4) is 0 Å². The van der Waals surface area contributed by atoms with Gasteiger partial charge in [-0.2, -0.15) is 0 Å². The van der Waals surface area contributed by atoms with E-state index in [9.17, 15) is 4.79 Å². The van der Waals surface area contributed by atoms with Gasteiger partial charge in [-0.1, -0.05) is 18.2 Å². The quantitative estimate of drug-likeness (QED) is 0.259. The summed E-state index contributed by atoms with van der Waals surface area (Å²) < 4.78 is 22.3. The summed E-state index contributed by atoms with van der Waals surface area (Å²) >= 11 is 5.81. The van der Waals surface area contributed by atoms with Gasteiger partial charge in [0.15, 0.2) is 5.11 Å². The molecule has 0 radical (unpaired) electrons. The molecule has 188 valence electrons. The number of pyridine rings is 1. The minimum atomic E-state index is -0.389. The summed E-state index contributed by atoms with van der Waals surface area (Å²) in [5.74, 6) is 2.24. The number of carbonyl (C=O) groups is 1. The molecule has 8 nitrogen and oxygen atoms in total. The number of aromatic nitrogens is 1. The van der Waals surface area contributed by atoms with Crippen LogP contribution < -0.4 is 19.7 Å². The number of ether oxygens (including phenoxy) is 3. The summed E-state index contributed by atoms with van der Waals surface area (Å²) in [6.07, 6.45) is 1.75. The summed E-state index contributed by atoms with van der Waals surface area (Å²) in [5, 5.41) is 3.94. The number of esters is 1. The van der Waals surface area contributed by atoms with Crippen molar-refractivity contribution >= 4 is 29.0 Å². The van der Waals surface area contributed by atoms with Crippen LogP contribution in [0, 0.1) is 0 Å². The molecule has 1 saturated heterocycles. The number of thiocarbonyl (C=S) groups is 1. The van der Waals surface area contributed by atoms with Crippen molar-refractivity contribution in [2.75, 3.05) is 26.2 Å². The summed E-state index contributed by atoms with van der Waals surface area (Å²) in [4.78, 5) is 18.4. The maximum Gasteiger partial charge on any atom is 0.337 e. The maximum atomic E-state index is 11.8. The molecule has 0 spiro atoms. The van der Waals surface area contributed by atoms with Crippen LogP contribution >= 0.6 is 12.2 Å². The average Bonchev–Trinajstić information content (AvgIpc) is 3.57. The second-order valence-corrected chi connectivity index (χ2v) is 8.69. The smallest absolute Gasteiger partial charge is 0.337 e. The van der Waals surface area contributed by atoms with E-state index in [2.05, 4.69) is 10.3 Å². The topological polar surface area (TPSA) is 86.1 Å². The van der Waals surface area contributed by atoms with Crippen molar-refractivity contribution in [3.63, 3.8) is 0 Å². The van der Waals surface area contributed by atoms with Crippen LogP contribution in [0.1, 0.15) is 33.9 Å². The van der Waals surface area contributed by atoms with Crippen molar-refractivity contribution in [1.82, 2.24) is 10.3 Å². The lowest BCUT2D eigenvalue weighted by Gasteiger charge is -2.27. The predicted molar refractivity (Wildman–Crippen MR) is 143 cm³/mol. The van der Waals surface area contributed by atoms with E-state index in [1.165, 1.54) is 7.11 Å². The summed E-state index contributed by atoms with van der Waals surface area (Å²) in [7, 11) is 4.58. The highest BCUT2D eigenvalue weighted by Gasteiger charge is 2.43. The van der Waals surface area contributed by atoms with Gasteiger partial charge >= 0.3 is 5.97 Å². The molecular formula is C28H25N3O5S. The number of benzene rings is 2. The zero-order chi connectivity index (χ0) is 25.9. The number of hydrogen-bond donors (Lipinski definition) is 1. The zero-order valence-electron chi connectivity index (χ0n) is 20.5. The van der Waals surface area contributed by atoms with E-state index in [1.54, 1.807) is 32.5 Å². The Balaban J connectivity index is 1.57. The van der Waals surface area contributed by atoms with Crippen molar-refractivity contribution in [3.05, 3.63) is 96.0 Å². The first-order chi connectivity index (χ1) is 18.0. The molecule has 1 N–H and O–H groups in total. The molecule has 0 saturated carbocycles. The highest BCUT2D eigenvalue weighted by atomic mass is 32.1. The molecule has 1 aliphatic heterocycles. The Bertz CT molecular complexity index is 1420. The number of nitrogens with zero attached hydrogens (tertiary/aromatic N) is 2. The fourth-order valence-electron chi connectivity index (χ4n) is 4.44. The average molecular weight is 516 g/mol. The third-order valence-electron chi connectivity index (χ3n) is 6.25.